The van der Waals surface area contributed by atoms with Gasteiger partial charge in [0.25, 0.3) is 0 Å². The molecule has 1 unspecified atom stereocenters. The highest BCUT2D eigenvalue weighted by Gasteiger charge is 2.31. The van der Waals surface area contributed by atoms with Crippen molar-refractivity contribution in [1.29, 1.82) is 0 Å². The number of carbonyl (C=O) groups excluding carboxylic acids is 1. The Morgan fingerprint density at radius 2 is 2.10 bits per heavy atom. The van der Waals surface area contributed by atoms with E-state index in [1.165, 1.54) is 17.8 Å². The molecule has 0 bridgehead atoms. The third-order valence-corrected chi connectivity index (χ3v) is 3.34. The molecule has 0 aliphatic heterocycles. The van der Waals surface area contributed by atoms with Crippen LogP contribution < -0.4 is 10.2 Å². The largest absolute Gasteiger partial charge is 0.573 e. The van der Waals surface area contributed by atoms with Gasteiger partial charge in [0.05, 0.1) is 10.8 Å². The maximum absolute atomic E-state index is 12.1. The molecule has 5 nitrogen and oxygen atoms in total. The van der Waals surface area contributed by atoms with Gasteiger partial charge in [-0.3, -0.25) is 14.2 Å². The van der Waals surface area contributed by atoms with Crippen molar-refractivity contribution in [2.45, 2.75) is 24.1 Å². The second kappa shape index (κ2) is 6.71. The molecule has 0 aromatic heterocycles. The van der Waals surface area contributed by atoms with Crippen LogP contribution in [-0.2, 0) is 22.0 Å². The van der Waals surface area contributed by atoms with Crippen LogP contribution in [0.2, 0.25) is 0 Å². The van der Waals surface area contributed by atoms with Crippen LogP contribution in [0.15, 0.2) is 23.1 Å². The van der Waals surface area contributed by atoms with Gasteiger partial charge in [-0.15, -0.1) is 13.2 Å². The SMILES string of the molecule is CS(=O)c1ccc(OC(F)(F)F)cc1CCC(=O)NO. The predicted octanol–water partition coefficient (Wildman–Crippen LogP) is 1.76. The van der Waals surface area contributed by atoms with Gasteiger partial charge in [0.2, 0.25) is 5.91 Å². The van der Waals surface area contributed by atoms with E-state index < -0.39 is 28.8 Å². The van der Waals surface area contributed by atoms with Gasteiger partial charge < -0.3 is 4.74 Å². The summed E-state index contributed by atoms with van der Waals surface area (Å²) in [4.78, 5) is 11.2. The molecule has 1 amide bonds. The van der Waals surface area contributed by atoms with E-state index in [4.69, 9.17) is 5.21 Å². The summed E-state index contributed by atoms with van der Waals surface area (Å²) in [5.74, 6) is -1.15. The van der Waals surface area contributed by atoms with Crippen molar-refractivity contribution in [3.05, 3.63) is 23.8 Å². The number of benzene rings is 1. The fourth-order valence-electron chi connectivity index (χ4n) is 1.53. The highest BCUT2D eigenvalue weighted by Crippen LogP contribution is 2.26. The van der Waals surface area contributed by atoms with Gasteiger partial charge in [-0.2, -0.15) is 0 Å². The smallest absolute Gasteiger partial charge is 0.406 e. The van der Waals surface area contributed by atoms with Crippen molar-refractivity contribution < 1.29 is 32.1 Å². The van der Waals surface area contributed by atoms with E-state index in [0.29, 0.717) is 4.90 Å². The van der Waals surface area contributed by atoms with Crippen molar-refractivity contribution in [3.8, 4) is 5.75 Å². The van der Waals surface area contributed by atoms with E-state index in [1.807, 2.05) is 0 Å². The van der Waals surface area contributed by atoms with E-state index >= 15 is 0 Å². The fraction of sp³-hybridized carbons (Fsp3) is 0.364. The van der Waals surface area contributed by atoms with Crippen molar-refractivity contribution in [2.75, 3.05) is 6.26 Å². The van der Waals surface area contributed by atoms with E-state index in [9.17, 15) is 22.2 Å². The standard InChI is InChI=1S/C11H12F3NO4S/c1-20(18)9-4-3-8(19-11(12,13)14)6-7(9)2-5-10(16)15-17/h3-4,6,17H,2,5H2,1H3,(H,15,16). The van der Waals surface area contributed by atoms with Crippen molar-refractivity contribution in [1.82, 2.24) is 5.48 Å². The number of amides is 1. The Balaban J connectivity index is 2.99. The first-order valence-electron chi connectivity index (χ1n) is 5.38. The first-order chi connectivity index (χ1) is 9.23. The molecule has 0 aliphatic rings. The summed E-state index contributed by atoms with van der Waals surface area (Å²) in [6, 6.07) is 3.39. The lowest BCUT2D eigenvalue weighted by molar-refractivity contribution is -0.274. The summed E-state index contributed by atoms with van der Waals surface area (Å²) < 4.78 is 51.6. The number of alkyl halides is 3. The van der Waals surface area contributed by atoms with E-state index in [0.717, 1.165) is 12.1 Å². The second-order valence-electron chi connectivity index (χ2n) is 3.81. The van der Waals surface area contributed by atoms with Gasteiger partial charge >= 0.3 is 6.36 Å². The molecule has 0 saturated carbocycles. The predicted molar refractivity (Wildman–Crippen MR) is 63.7 cm³/mol. The minimum Gasteiger partial charge on any atom is -0.406 e. The molecule has 0 spiro atoms. The number of halogens is 3. The van der Waals surface area contributed by atoms with Gasteiger partial charge in [0, 0.05) is 17.6 Å². The molecule has 1 aromatic carbocycles. The Labute approximate surface area is 115 Å². The Morgan fingerprint density at radius 1 is 1.45 bits per heavy atom. The summed E-state index contributed by atoms with van der Waals surface area (Å²) in [5.41, 5.74) is 1.70. The van der Waals surface area contributed by atoms with Crippen LogP contribution in [0.1, 0.15) is 12.0 Å². The minimum atomic E-state index is -4.83. The topological polar surface area (TPSA) is 75.6 Å². The zero-order valence-corrected chi connectivity index (χ0v) is 11.2. The lowest BCUT2D eigenvalue weighted by atomic mass is 10.1. The van der Waals surface area contributed by atoms with Crippen LogP contribution >= 0.6 is 0 Å². The maximum Gasteiger partial charge on any atom is 0.573 e. The number of hydroxylamine groups is 1. The van der Waals surface area contributed by atoms with Crippen LogP contribution in [-0.4, -0.2) is 27.9 Å². The number of nitrogens with one attached hydrogen (secondary N) is 1. The molecule has 2 N–H and O–H groups in total. The molecule has 0 radical (unpaired) electrons. The van der Waals surface area contributed by atoms with Gasteiger partial charge in [0.15, 0.2) is 0 Å². The molecule has 1 atom stereocenters. The summed E-state index contributed by atoms with van der Waals surface area (Å²) >= 11 is 0. The number of aryl methyl sites for hydroxylation is 1. The molecule has 9 heteroatoms. The number of hydrogen-bond acceptors (Lipinski definition) is 4. The van der Waals surface area contributed by atoms with Crippen LogP contribution in [0.5, 0.6) is 5.75 Å². The average molecular weight is 311 g/mol. The van der Waals surface area contributed by atoms with E-state index in [-0.39, 0.29) is 18.4 Å². The zero-order valence-electron chi connectivity index (χ0n) is 10.4. The average Bonchev–Trinajstić information content (AvgIpc) is 2.33. The third kappa shape index (κ3) is 5.17. The molecular formula is C11H12F3NO4S. The maximum atomic E-state index is 12.1. The Morgan fingerprint density at radius 3 is 2.60 bits per heavy atom. The van der Waals surface area contributed by atoms with Gasteiger partial charge in [-0.05, 0) is 30.2 Å². The zero-order chi connectivity index (χ0) is 15.3. The van der Waals surface area contributed by atoms with Crippen molar-refractivity contribution in [2.24, 2.45) is 0 Å². The number of carbonyl (C=O) groups is 1. The quantitative estimate of drug-likeness (QED) is 0.642. The van der Waals surface area contributed by atoms with Crippen LogP contribution in [0.4, 0.5) is 13.2 Å². The normalized spacial score (nSPS) is 12.8. The lowest BCUT2D eigenvalue weighted by Gasteiger charge is -2.12. The third-order valence-electron chi connectivity index (χ3n) is 2.32. The molecule has 112 valence electrons. The van der Waals surface area contributed by atoms with Crippen LogP contribution in [0, 0.1) is 0 Å². The summed E-state index contributed by atoms with van der Waals surface area (Å²) in [6.07, 6.45) is -3.59. The molecule has 0 heterocycles. The molecule has 1 rings (SSSR count). The molecular weight excluding hydrogens is 299 g/mol. The monoisotopic (exact) mass is 311 g/mol. The van der Waals surface area contributed by atoms with Crippen molar-refractivity contribution in [3.63, 3.8) is 0 Å². The Bertz CT molecular complexity index is 519. The summed E-state index contributed by atoms with van der Waals surface area (Å²) in [6.45, 7) is 0. The van der Waals surface area contributed by atoms with Gasteiger partial charge in [0.1, 0.15) is 5.75 Å². The summed E-state index contributed by atoms with van der Waals surface area (Å²) in [7, 11) is -1.42. The lowest BCUT2D eigenvalue weighted by Crippen LogP contribution is -2.19. The summed E-state index contributed by atoms with van der Waals surface area (Å²) in [5, 5.41) is 8.37. The molecule has 0 fully saturated rings. The van der Waals surface area contributed by atoms with Crippen LogP contribution in [0.3, 0.4) is 0 Å². The molecule has 0 saturated heterocycles. The van der Waals surface area contributed by atoms with Gasteiger partial charge in [-0.1, -0.05) is 0 Å². The number of ether oxygens (including phenoxy) is 1. The first-order valence-corrected chi connectivity index (χ1v) is 6.94. The van der Waals surface area contributed by atoms with E-state index in [1.54, 1.807) is 0 Å². The first kappa shape index (κ1) is 16.4. The molecule has 0 aliphatic carbocycles. The molecule has 20 heavy (non-hydrogen) atoms. The highest BCUT2D eigenvalue weighted by atomic mass is 32.2. The minimum absolute atomic E-state index is 0.0242. The van der Waals surface area contributed by atoms with Gasteiger partial charge in [-0.25, -0.2) is 5.48 Å². The van der Waals surface area contributed by atoms with E-state index in [2.05, 4.69) is 4.74 Å². The Hall–Kier alpha value is -1.61. The Kier molecular flexibility index (Phi) is 5.52. The van der Waals surface area contributed by atoms with Crippen LogP contribution in [0.25, 0.3) is 0 Å². The number of hydrogen-bond donors (Lipinski definition) is 2. The number of rotatable bonds is 5. The highest BCUT2D eigenvalue weighted by molar-refractivity contribution is 7.84. The van der Waals surface area contributed by atoms with Crippen molar-refractivity contribution >= 4 is 16.7 Å². The second-order valence-corrected chi connectivity index (χ2v) is 5.15. The fourth-order valence-corrected chi connectivity index (χ4v) is 2.32. The molecule has 1 aromatic rings.